The van der Waals surface area contributed by atoms with Gasteiger partial charge in [-0.2, -0.15) is 5.10 Å². The number of rotatable bonds is 5. The predicted octanol–water partition coefficient (Wildman–Crippen LogP) is 5.07. The van der Waals surface area contributed by atoms with Crippen LogP contribution in [0.2, 0.25) is 0 Å². The minimum atomic E-state index is -0.239. The summed E-state index contributed by atoms with van der Waals surface area (Å²) >= 11 is 0. The van der Waals surface area contributed by atoms with Crippen LogP contribution in [0.4, 0.5) is 0 Å². The summed E-state index contributed by atoms with van der Waals surface area (Å²) in [6.45, 7) is 1.53. The van der Waals surface area contributed by atoms with E-state index in [9.17, 15) is 4.79 Å². The lowest BCUT2D eigenvalue weighted by Crippen LogP contribution is -2.24. The van der Waals surface area contributed by atoms with Crippen LogP contribution in [0.15, 0.2) is 77.9 Å². The molecule has 0 saturated carbocycles. The van der Waals surface area contributed by atoms with E-state index in [0.29, 0.717) is 12.2 Å². The second-order valence-corrected chi connectivity index (χ2v) is 7.18. The number of carbonyl (C=O) groups excluding carboxylic acids is 1. The molecule has 1 amide bonds. The normalized spacial score (nSPS) is 15.6. The molecule has 1 aliphatic rings. The molecule has 0 spiro atoms. The number of amides is 1. The van der Waals surface area contributed by atoms with Crippen LogP contribution in [0.25, 0.3) is 11.1 Å². The third-order valence-electron chi connectivity index (χ3n) is 5.35. The van der Waals surface area contributed by atoms with Crippen LogP contribution in [0.1, 0.15) is 30.5 Å². The molecule has 0 aromatic heterocycles. The number of hydrogen-bond donors (Lipinski definition) is 0. The number of benzene rings is 3. The van der Waals surface area contributed by atoms with E-state index in [1.165, 1.54) is 17.5 Å². The van der Waals surface area contributed by atoms with Gasteiger partial charge in [-0.05, 0) is 34.9 Å². The lowest BCUT2D eigenvalue weighted by Gasteiger charge is -2.22. The van der Waals surface area contributed by atoms with Gasteiger partial charge in [0.25, 0.3) is 0 Å². The standard InChI is InChI=1S/C25H24N2O3/c1-17(28)27-24(22-15-21(29-2)13-14-25(22)30-3)16-23(26-27)20-11-9-19(10-12-20)18-7-5-4-6-8-18/h4-15,24H,16H2,1-3H3. The summed E-state index contributed by atoms with van der Waals surface area (Å²) in [5, 5.41) is 6.19. The highest BCUT2D eigenvalue weighted by Gasteiger charge is 2.33. The van der Waals surface area contributed by atoms with Gasteiger partial charge in [-0.3, -0.25) is 4.79 Å². The van der Waals surface area contributed by atoms with E-state index in [-0.39, 0.29) is 11.9 Å². The van der Waals surface area contributed by atoms with Crippen molar-refractivity contribution in [3.05, 3.63) is 83.9 Å². The summed E-state index contributed by atoms with van der Waals surface area (Å²) in [7, 11) is 3.25. The van der Waals surface area contributed by atoms with Crippen molar-refractivity contribution in [1.82, 2.24) is 5.01 Å². The average molecular weight is 400 g/mol. The third-order valence-corrected chi connectivity index (χ3v) is 5.35. The number of nitrogens with zero attached hydrogens (tertiary/aromatic N) is 2. The van der Waals surface area contributed by atoms with Gasteiger partial charge >= 0.3 is 0 Å². The Bertz CT molecular complexity index is 1080. The Hall–Kier alpha value is -3.60. The molecule has 4 rings (SSSR count). The van der Waals surface area contributed by atoms with Gasteiger partial charge in [0.1, 0.15) is 11.5 Å². The van der Waals surface area contributed by atoms with Crippen molar-refractivity contribution in [3.63, 3.8) is 0 Å². The summed E-state index contributed by atoms with van der Waals surface area (Å²) in [6.07, 6.45) is 0.605. The van der Waals surface area contributed by atoms with Crippen LogP contribution in [0.5, 0.6) is 11.5 Å². The van der Waals surface area contributed by atoms with Crippen LogP contribution in [0.3, 0.4) is 0 Å². The quantitative estimate of drug-likeness (QED) is 0.601. The maximum atomic E-state index is 12.3. The Morgan fingerprint density at radius 1 is 0.900 bits per heavy atom. The molecule has 3 aromatic rings. The minimum Gasteiger partial charge on any atom is -0.497 e. The Balaban J connectivity index is 1.65. The maximum absolute atomic E-state index is 12.3. The van der Waals surface area contributed by atoms with Gasteiger partial charge in [0, 0.05) is 18.9 Å². The Morgan fingerprint density at radius 2 is 1.57 bits per heavy atom. The van der Waals surface area contributed by atoms with Crippen molar-refractivity contribution < 1.29 is 14.3 Å². The van der Waals surface area contributed by atoms with Gasteiger partial charge in [-0.1, -0.05) is 54.6 Å². The molecule has 1 heterocycles. The monoisotopic (exact) mass is 400 g/mol. The molecule has 152 valence electrons. The van der Waals surface area contributed by atoms with Crippen molar-refractivity contribution in [1.29, 1.82) is 0 Å². The fourth-order valence-corrected chi connectivity index (χ4v) is 3.80. The Kier molecular flexibility index (Phi) is 5.53. The predicted molar refractivity (Wildman–Crippen MR) is 118 cm³/mol. The zero-order chi connectivity index (χ0) is 21.1. The summed E-state index contributed by atoms with van der Waals surface area (Å²) in [6, 6.07) is 23.9. The van der Waals surface area contributed by atoms with Gasteiger partial charge in [0.05, 0.1) is 26.0 Å². The summed E-state index contributed by atoms with van der Waals surface area (Å²) in [5.74, 6) is 1.32. The molecular weight excluding hydrogens is 376 g/mol. The topological polar surface area (TPSA) is 51.1 Å². The third kappa shape index (κ3) is 3.79. The molecule has 1 aliphatic heterocycles. The fraction of sp³-hybridized carbons (Fsp3) is 0.200. The van der Waals surface area contributed by atoms with E-state index in [2.05, 4.69) is 41.5 Å². The number of hydrazone groups is 1. The molecule has 5 heteroatoms. The number of ether oxygens (including phenoxy) is 2. The van der Waals surface area contributed by atoms with Crippen LogP contribution >= 0.6 is 0 Å². The fourth-order valence-electron chi connectivity index (χ4n) is 3.80. The molecule has 0 aliphatic carbocycles. The van der Waals surface area contributed by atoms with Crippen LogP contribution in [-0.2, 0) is 4.79 Å². The molecule has 0 radical (unpaired) electrons. The van der Waals surface area contributed by atoms with Crippen LogP contribution in [-0.4, -0.2) is 30.8 Å². The molecule has 1 unspecified atom stereocenters. The average Bonchev–Trinajstić information content (AvgIpc) is 3.25. The number of hydrogen-bond acceptors (Lipinski definition) is 4. The van der Waals surface area contributed by atoms with Crippen LogP contribution < -0.4 is 9.47 Å². The Labute approximate surface area is 176 Å². The van der Waals surface area contributed by atoms with Gasteiger partial charge in [0.2, 0.25) is 5.91 Å². The molecule has 0 saturated heterocycles. The van der Waals surface area contributed by atoms with E-state index in [0.717, 1.165) is 28.2 Å². The van der Waals surface area contributed by atoms with Crippen molar-refractivity contribution in [2.45, 2.75) is 19.4 Å². The van der Waals surface area contributed by atoms with Crippen molar-refractivity contribution >= 4 is 11.6 Å². The largest absolute Gasteiger partial charge is 0.497 e. The van der Waals surface area contributed by atoms with E-state index in [1.807, 2.05) is 36.4 Å². The molecule has 5 nitrogen and oxygen atoms in total. The van der Waals surface area contributed by atoms with Crippen molar-refractivity contribution in [2.75, 3.05) is 14.2 Å². The molecule has 0 N–H and O–H groups in total. The first-order valence-electron chi connectivity index (χ1n) is 9.85. The first-order chi connectivity index (χ1) is 14.6. The first-order valence-corrected chi connectivity index (χ1v) is 9.85. The number of methoxy groups -OCH3 is 2. The summed E-state index contributed by atoms with van der Waals surface area (Å²) in [4.78, 5) is 12.3. The highest BCUT2D eigenvalue weighted by atomic mass is 16.5. The molecule has 0 fully saturated rings. The second kappa shape index (κ2) is 8.41. The van der Waals surface area contributed by atoms with Gasteiger partial charge < -0.3 is 9.47 Å². The summed E-state index contributed by atoms with van der Waals surface area (Å²) < 4.78 is 10.9. The van der Waals surface area contributed by atoms with Gasteiger partial charge in [0.15, 0.2) is 0 Å². The molecule has 30 heavy (non-hydrogen) atoms. The van der Waals surface area contributed by atoms with E-state index in [1.54, 1.807) is 14.2 Å². The van der Waals surface area contributed by atoms with E-state index in [4.69, 9.17) is 9.47 Å². The van der Waals surface area contributed by atoms with E-state index < -0.39 is 0 Å². The highest BCUT2D eigenvalue weighted by Crippen LogP contribution is 2.39. The summed E-state index contributed by atoms with van der Waals surface area (Å²) in [5.41, 5.74) is 5.07. The Morgan fingerprint density at radius 3 is 2.20 bits per heavy atom. The molecule has 1 atom stereocenters. The van der Waals surface area contributed by atoms with E-state index >= 15 is 0 Å². The maximum Gasteiger partial charge on any atom is 0.240 e. The van der Waals surface area contributed by atoms with Gasteiger partial charge in [-0.25, -0.2) is 5.01 Å². The smallest absolute Gasteiger partial charge is 0.240 e. The molecule has 3 aromatic carbocycles. The zero-order valence-corrected chi connectivity index (χ0v) is 17.3. The van der Waals surface area contributed by atoms with Crippen molar-refractivity contribution in [3.8, 4) is 22.6 Å². The van der Waals surface area contributed by atoms with Crippen molar-refractivity contribution in [2.24, 2.45) is 5.10 Å². The molecule has 0 bridgehead atoms. The second-order valence-electron chi connectivity index (χ2n) is 7.18. The lowest BCUT2D eigenvalue weighted by molar-refractivity contribution is -0.130. The SMILES string of the molecule is COc1ccc(OC)c(C2CC(c3ccc(-c4ccccc4)cc3)=NN2C(C)=O)c1. The minimum absolute atomic E-state index is 0.110. The zero-order valence-electron chi connectivity index (χ0n) is 17.3. The lowest BCUT2D eigenvalue weighted by atomic mass is 9.96. The first kappa shape index (κ1) is 19.7. The van der Waals surface area contributed by atoms with Gasteiger partial charge in [-0.15, -0.1) is 0 Å². The molecular formula is C25H24N2O3. The highest BCUT2D eigenvalue weighted by molar-refractivity contribution is 6.03. The number of carbonyl (C=O) groups is 1. The van der Waals surface area contributed by atoms with Crippen LogP contribution in [0, 0.1) is 0 Å².